The number of hydrogen-bond donors (Lipinski definition) is 1. The van der Waals surface area contributed by atoms with Crippen LogP contribution in [-0.2, 0) is 11.3 Å². The molecule has 4 nitrogen and oxygen atoms in total. The number of nitrogens with one attached hydrogen (secondary N) is 1. The van der Waals surface area contributed by atoms with Crippen molar-refractivity contribution in [3.05, 3.63) is 23.4 Å². The molecule has 0 bridgehead atoms. The Hall–Kier alpha value is -1.13. The van der Waals surface area contributed by atoms with Crippen LogP contribution < -0.4 is 10.2 Å². The van der Waals surface area contributed by atoms with Gasteiger partial charge in [0.25, 0.3) is 0 Å². The number of ether oxygens (including phenoxy) is 1. The first-order chi connectivity index (χ1) is 10.1. The van der Waals surface area contributed by atoms with Crippen LogP contribution in [0, 0.1) is 6.92 Å². The number of piperidine rings is 1. The highest BCUT2D eigenvalue weighted by Gasteiger charge is 2.31. The monoisotopic (exact) mass is 289 g/mol. The Morgan fingerprint density at radius 3 is 2.95 bits per heavy atom. The van der Waals surface area contributed by atoms with E-state index in [9.17, 15) is 0 Å². The maximum absolute atomic E-state index is 5.69. The number of hydrogen-bond acceptors (Lipinski definition) is 4. The van der Waals surface area contributed by atoms with Gasteiger partial charge in [0.05, 0.1) is 5.60 Å². The van der Waals surface area contributed by atoms with Crippen molar-refractivity contribution in [2.24, 2.45) is 0 Å². The van der Waals surface area contributed by atoms with Crippen LogP contribution in [0.3, 0.4) is 0 Å². The Bertz CT molecular complexity index is 501. The number of anilines is 1. The normalized spacial score (nSPS) is 26.1. The standard InChI is InChI=1S/C17H27N3O/c1-13-9-14(10-18-15-5-6-15)11-19-16(13)20-8-4-7-17(2,12-20)21-3/h9,11,15,18H,4-8,10,12H2,1-3H3. The maximum Gasteiger partial charge on any atom is 0.131 e. The molecule has 0 radical (unpaired) electrons. The van der Waals surface area contributed by atoms with Crippen molar-refractivity contribution in [3.63, 3.8) is 0 Å². The van der Waals surface area contributed by atoms with E-state index in [1.807, 2.05) is 13.3 Å². The zero-order valence-corrected chi connectivity index (χ0v) is 13.5. The minimum absolute atomic E-state index is 0.0431. The summed E-state index contributed by atoms with van der Waals surface area (Å²) in [6.45, 7) is 7.31. The molecule has 1 aliphatic heterocycles. The molecule has 21 heavy (non-hydrogen) atoms. The smallest absolute Gasteiger partial charge is 0.131 e. The summed E-state index contributed by atoms with van der Waals surface area (Å²) >= 11 is 0. The van der Waals surface area contributed by atoms with E-state index in [4.69, 9.17) is 9.72 Å². The fraction of sp³-hybridized carbons (Fsp3) is 0.706. The Kier molecular flexibility index (Phi) is 4.18. The average molecular weight is 289 g/mol. The first kappa shape index (κ1) is 14.8. The highest BCUT2D eigenvalue weighted by molar-refractivity contribution is 5.48. The van der Waals surface area contributed by atoms with Crippen molar-refractivity contribution in [2.45, 2.75) is 57.7 Å². The summed E-state index contributed by atoms with van der Waals surface area (Å²) in [5.41, 5.74) is 2.51. The lowest BCUT2D eigenvalue weighted by molar-refractivity contribution is -0.00483. The second-order valence-corrected chi connectivity index (χ2v) is 6.82. The van der Waals surface area contributed by atoms with E-state index in [-0.39, 0.29) is 5.60 Å². The van der Waals surface area contributed by atoms with Gasteiger partial charge < -0.3 is 15.0 Å². The van der Waals surface area contributed by atoms with Crippen molar-refractivity contribution >= 4 is 5.82 Å². The summed E-state index contributed by atoms with van der Waals surface area (Å²) in [5.74, 6) is 1.12. The summed E-state index contributed by atoms with van der Waals surface area (Å²) < 4.78 is 5.69. The highest BCUT2D eigenvalue weighted by Crippen LogP contribution is 2.29. The number of aryl methyl sites for hydroxylation is 1. The number of pyridine rings is 1. The van der Waals surface area contributed by atoms with Crippen LogP contribution >= 0.6 is 0 Å². The Labute approximate surface area is 127 Å². The number of methoxy groups -OCH3 is 1. The van der Waals surface area contributed by atoms with Crippen LogP contribution in [0.5, 0.6) is 0 Å². The van der Waals surface area contributed by atoms with E-state index < -0.39 is 0 Å². The van der Waals surface area contributed by atoms with Crippen molar-refractivity contribution in [3.8, 4) is 0 Å². The molecule has 1 N–H and O–H groups in total. The fourth-order valence-electron chi connectivity index (χ4n) is 3.16. The molecule has 1 saturated carbocycles. The lowest BCUT2D eigenvalue weighted by Gasteiger charge is -2.40. The molecule has 0 spiro atoms. The predicted molar refractivity (Wildman–Crippen MR) is 85.7 cm³/mol. The summed E-state index contributed by atoms with van der Waals surface area (Å²) in [6.07, 6.45) is 6.97. The molecule has 3 rings (SSSR count). The molecule has 4 heteroatoms. The largest absolute Gasteiger partial charge is 0.377 e. The van der Waals surface area contributed by atoms with Gasteiger partial charge in [-0.15, -0.1) is 0 Å². The molecule has 1 aliphatic carbocycles. The van der Waals surface area contributed by atoms with Crippen LogP contribution in [0.2, 0.25) is 0 Å². The third-order valence-electron chi connectivity index (χ3n) is 4.73. The van der Waals surface area contributed by atoms with Gasteiger partial charge in [-0.3, -0.25) is 0 Å². The van der Waals surface area contributed by atoms with Crippen molar-refractivity contribution in [1.29, 1.82) is 0 Å². The lowest BCUT2D eigenvalue weighted by atomic mass is 9.94. The zero-order valence-electron chi connectivity index (χ0n) is 13.5. The molecule has 2 fully saturated rings. The first-order valence-electron chi connectivity index (χ1n) is 8.09. The minimum atomic E-state index is -0.0431. The molecule has 1 unspecified atom stereocenters. The molecule has 2 heterocycles. The molecule has 2 aliphatic rings. The number of rotatable bonds is 5. The van der Waals surface area contributed by atoms with E-state index in [0.717, 1.165) is 44.3 Å². The van der Waals surface area contributed by atoms with E-state index in [1.165, 1.54) is 24.0 Å². The molecule has 116 valence electrons. The van der Waals surface area contributed by atoms with Gasteiger partial charge >= 0.3 is 0 Å². The number of nitrogens with zero attached hydrogens (tertiary/aromatic N) is 2. The summed E-state index contributed by atoms with van der Waals surface area (Å²) in [5, 5.41) is 3.55. The topological polar surface area (TPSA) is 37.4 Å². The van der Waals surface area contributed by atoms with Gasteiger partial charge in [-0.1, -0.05) is 0 Å². The average Bonchev–Trinajstić information content (AvgIpc) is 3.29. The van der Waals surface area contributed by atoms with Gasteiger partial charge in [-0.05, 0) is 56.7 Å². The van der Waals surface area contributed by atoms with E-state index >= 15 is 0 Å². The van der Waals surface area contributed by atoms with E-state index in [2.05, 4.69) is 30.1 Å². The summed E-state index contributed by atoms with van der Waals surface area (Å²) in [7, 11) is 1.82. The predicted octanol–water partition coefficient (Wildman–Crippen LogP) is 2.65. The van der Waals surface area contributed by atoms with Crippen molar-refractivity contribution < 1.29 is 4.74 Å². The SMILES string of the molecule is COC1(C)CCCN(c2ncc(CNC3CC3)cc2C)C1. The second-order valence-electron chi connectivity index (χ2n) is 6.82. The molecule has 1 aromatic rings. The Morgan fingerprint density at radius 1 is 1.48 bits per heavy atom. The van der Waals surface area contributed by atoms with Crippen LogP contribution in [-0.4, -0.2) is 36.8 Å². The molecule has 0 amide bonds. The maximum atomic E-state index is 5.69. The third kappa shape index (κ3) is 3.55. The van der Waals surface area contributed by atoms with E-state index in [1.54, 1.807) is 0 Å². The van der Waals surface area contributed by atoms with Crippen LogP contribution in [0.4, 0.5) is 5.82 Å². The van der Waals surface area contributed by atoms with E-state index in [0.29, 0.717) is 0 Å². The molecule has 1 aromatic heterocycles. The molecular weight excluding hydrogens is 262 g/mol. The van der Waals surface area contributed by atoms with Crippen molar-refractivity contribution in [1.82, 2.24) is 10.3 Å². The Morgan fingerprint density at radius 2 is 2.29 bits per heavy atom. The van der Waals surface area contributed by atoms with Gasteiger partial charge in [-0.2, -0.15) is 0 Å². The number of aromatic nitrogens is 1. The van der Waals surface area contributed by atoms with Crippen LogP contribution in [0.15, 0.2) is 12.3 Å². The van der Waals surface area contributed by atoms with Crippen molar-refractivity contribution in [2.75, 3.05) is 25.1 Å². The molecular formula is C17H27N3O. The fourth-order valence-corrected chi connectivity index (χ4v) is 3.16. The van der Waals surface area contributed by atoms with Gasteiger partial charge in [0, 0.05) is 39.0 Å². The van der Waals surface area contributed by atoms with Gasteiger partial charge in [0.1, 0.15) is 5.82 Å². The summed E-state index contributed by atoms with van der Waals surface area (Å²) in [6, 6.07) is 3.02. The minimum Gasteiger partial charge on any atom is -0.377 e. The lowest BCUT2D eigenvalue weighted by Crippen LogP contribution is -2.48. The molecule has 1 atom stereocenters. The molecule has 1 saturated heterocycles. The zero-order chi connectivity index (χ0) is 14.9. The van der Waals surface area contributed by atoms with Crippen LogP contribution in [0.25, 0.3) is 0 Å². The third-order valence-corrected chi connectivity index (χ3v) is 4.73. The Balaban J connectivity index is 1.69. The first-order valence-corrected chi connectivity index (χ1v) is 8.09. The van der Waals surface area contributed by atoms with Gasteiger partial charge in [0.2, 0.25) is 0 Å². The quantitative estimate of drug-likeness (QED) is 0.904. The second kappa shape index (κ2) is 5.93. The highest BCUT2D eigenvalue weighted by atomic mass is 16.5. The van der Waals surface area contributed by atoms with Gasteiger partial charge in [-0.25, -0.2) is 4.98 Å². The summed E-state index contributed by atoms with van der Waals surface area (Å²) in [4.78, 5) is 7.11. The van der Waals surface area contributed by atoms with Crippen LogP contribution in [0.1, 0.15) is 43.7 Å². The molecule has 0 aromatic carbocycles. The van der Waals surface area contributed by atoms with Gasteiger partial charge in [0.15, 0.2) is 0 Å².